The second-order valence-corrected chi connectivity index (χ2v) is 7.42. The van der Waals surface area contributed by atoms with E-state index >= 15 is 0 Å². The first-order valence-corrected chi connectivity index (χ1v) is 8.59. The van der Waals surface area contributed by atoms with E-state index in [0.29, 0.717) is 6.54 Å². The number of hydrogen-bond acceptors (Lipinski definition) is 4. The maximum absolute atomic E-state index is 12.2. The van der Waals surface area contributed by atoms with E-state index in [1.54, 1.807) is 0 Å². The minimum atomic E-state index is -3.64. The number of aliphatic carboxylic acids is 1. The molecule has 2 N–H and O–H groups in total. The van der Waals surface area contributed by atoms with Crippen molar-refractivity contribution in [3.05, 3.63) is 12.4 Å². The van der Waals surface area contributed by atoms with E-state index in [-0.39, 0.29) is 16.9 Å². The van der Waals surface area contributed by atoms with Crippen molar-refractivity contribution in [3.8, 4) is 0 Å². The van der Waals surface area contributed by atoms with Crippen LogP contribution >= 0.6 is 0 Å². The van der Waals surface area contributed by atoms with E-state index in [0.717, 1.165) is 36.8 Å². The van der Waals surface area contributed by atoms with Crippen molar-refractivity contribution < 1.29 is 18.3 Å². The number of sulfonamides is 1. The fourth-order valence-corrected chi connectivity index (χ4v) is 3.93. The van der Waals surface area contributed by atoms with Gasteiger partial charge in [0.15, 0.2) is 0 Å². The molecule has 1 saturated carbocycles. The molecule has 0 amide bonds. The topological polar surface area (TPSA) is 101 Å². The molecule has 0 spiro atoms. The molecule has 0 radical (unpaired) electrons. The van der Waals surface area contributed by atoms with Crippen molar-refractivity contribution in [2.75, 3.05) is 6.54 Å². The molecule has 1 aromatic rings. The molecule has 0 aromatic carbocycles. The molecule has 0 bridgehead atoms. The van der Waals surface area contributed by atoms with Crippen LogP contribution in [0, 0.1) is 5.41 Å². The normalized spacial score (nSPS) is 18.0. The minimum absolute atomic E-state index is 0.00741. The molecular formula is C13H21N3O4S. The first-order valence-electron chi connectivity index (χ1n) is 7.11. The second kappa shape index (κ2) is 6.15. The first kappa shape index (κ1) is 16.0. The Hall–Kier alpha value is -1.41. The third-order valence-electron chi connectivity index (χ3n) is 4.27. The lowest BCUT2D eigenvalue weighted by Gasteiger charge is -2.27. The van der Waals surface area contributed by atoms with Gasteiger partial charge in [0.1, 0.15) is 11.4 Å². The monoisotopic (exact) mass is 315 g/mol. The zero-order chi connectivity index (χ0) is 15.5. The van der Waals surface area contributed by atoms with Gasteiger partial charge in [-0.3, -0.25) is 9.48 Å². The van der Waals surface area contributed by atoms with Gasteiger partial charge in [-0.1, -0.05) is 19.8 Å². The van der Waals surface area contributed by atoms with Crippen molar-refractivity contribution in [2.45, 2.75) is 50.5 Å². The first-order chi connectivity index (χ1) is 9.87. The third-order valence-corrected chi connectivity index (χ3v) is 5.62. The number of rotatable bonds is 7. The highest BCUT2D eigenvalue weighted by Crippen LogP contribution is 2.40. The molecule has 1 aromatic heterocycles. The quantitative estimate of drug-likeness (QED) is 0.787. The molecule has 1 aliphatic carbocycles. The average molecular weight is 315 g/mol. The molecule has 0 unspecified atom stereocenters. The lowest BCUT2D eigenvalue weighted by Crippen LogP contribution is -2.35. The molecule has 0 atom stereocenters. The Morgan fingerprint density at radius 2 is 2.14 bits per heavy atom. The number of carboxylic acids is 1. The summed E-state index contributed by atoms with van der Waals surface area (Å²) in [5.41, 5.74) is 0.0597. The summed E-state index contributed by atoms with van der Waals surface area (Å²) in [7, 11) is -3.64. The molecule has 118 valence electrons. The van der Waals surface area contributed by atoms with E-state index in [9.17, 15) is 13.2 Å². The van der Waals surface area contributed by atoms with E-state index < -0.39 is 16.0 Å². The molecule has 21 heavy (non-hydrogen) atoms. The fraction of sp³-hybridized carbons (Fsp3) is 0.692. The Kier molecular flexibility index (Phi) is 4.67. The molecule has 7 nitrogen and oxygen atoms in total. The van der Waals surface area contributed by atoms with Crippen LogP contribution in [0.3, 0.4) is 0 Å². The lowest BCUT2D eigenvalue weighted by molar-refractivity contribution is -0.137. The van der Waals surface area contributed by atoms with Gasteiger partial charge in [0.2, 0.25) is 10.0 Å². The van der Waals surface area contributed by atoms with Crippen molar-refractivity contribution >= 4 is 16.0 Å². The van der Waals surface area contributed by atoms with Gasteiger partial charge >= 0.3 is 5.97 Å². The predicted molar refractivity (Wildman–Crippen MR) is 76.2 cm³/mol. The Bertz CT molecular complexity index is 603. The number of carboxylic acid groups (broad SMARTS) is 1. The highest BCUT2D eigenvalue weighted by molar-refractivity contribution is 7.89. The van der Waals surface area contributed by atoms with Crippen LogP contribution in [0.1, 0.15) is 39.0 Å². The summed E-state index contributed by atoms with van der Waals surface area (Å²) in [5, 5.41) is 12.4. The van der Waals surface area contributed by atoms with Crippen LogP contribution in [0.5, 0.6) is 0 Å². The third kappa shape index (κ3) is 3.82. The van der Waals surface area contributed by atoms with Crippen LogP contribution in [-0.4, -0.2) is 35.8 Å². The molecule has 1 heterocycles. The summed E-state index contributed by atoms with van der Waals surface area (Å²) in [6.07, 6.45) is 7.75. The van der Waals surface area contributed by atoms with Crippen molar-refractivity contribution in [2.24, 2.45) is 5.41 Å². The Morgan fingerprint density at radius 3 is 2.71 bits per heavy atom. The number of aromatic nitrogens is 2. The average Bonchev–Trinajstić information content (AvgIpc) is 3.06. The van der Waals surface area contributed by atoms with Crippen LogP contribution in [-0.2, 0) is 21.4 Å². The Balaban J connectivity index is 2.04. The smallest absolute Gasteiger partial charge is 0.325 e. The SMILES string of the molecule is CCC1(CNS(=O)(=O)c2cnn(CC(=O)O)c2)CCCC1. The van der Waals surface area contributed by atoms with E-state index in [1.807, 2.05) is 0 Å². The summed E-state index contributed by atoms with van der Waals surface area (Å²) in [5.74, 6) is -1.06. The van der Waals surface area contributed by atoms with Crippen molar-refractivity contribution in [1.82, 2.24) is 14.5 Å². The van der Waals surface area contributed by atoms with Gasteiger partial charge in [0.25, 0.3) is 0 Å². The van der Waals surface area contributed by atoms with E-state index in [2.05, 4.69) is 16.7 Å². The maximum Gasteiger partial charge on any atom is 0.325 e. The Labute approximate surface area is 124 Å². The van der Waals surface area contributed by atoms with E-state index in [4.69, 9.17) is 5.11 Å². The zero-order valence-electron chi connectivity index (χ0n) is 12.1. The van der Waals surface area contributed by atoms with E-state index in [1.165, 1.54) is 12.4 Å². The molecule has 8 heteroatoms. The van der Waals surface area contributed by atoms with Gasteiger partial charge in [0.05, 0.1) is 6.20 Å². The molecule has 0 saturated heterocycles. The minimum Gasteiger partial charge on any atom is -0.480 e. The van der Waals surface area contributed by atoms with Crippen molar-refractivity contribution in [3.63, 3.8) is 0 Å². The summed E-state index contributed by atoms with van der Waals surface area (Å²) in [6.45, 7) is 2.16. The van der Waals surface area contributed by atoms with Gasteiger partial charge < -0.3 is 5.11 Å². The highest BCUT2D eigenvalue weighted by Gasteiger charge is 2.33. The Morgan fingerprint density at radius 1 is 1.48 bits per heavy atom. The summed E-state index contributed by atoms with van der Waals surface area (Å²) >= 11 is 0. The standard InChI is InChI=1S/C13H21N3O4S/c1-2-13(5-3-4-6-13)10-15-21(19,20)11-7-14-16(8-11)9-12(17)18/h7-8,15H,2-6,9-10H2,1H3,(H,17,18). The molecule has 1 fully saturated rings. The molecule has 1 aliphatic rings. The van der Waals surface area contributed by atoms with Gasteiger partial charge in [-0.15, -0.1) is 0 Å². The van der Waals surface area contributed by atoms with Crippen LogP contribution in [0.25, 0.3) is 0 Å². The van der Waals surface area contributed by atoms with Crippen LogP contribution in [0.15, 0.2) is 17.3 Å². The van der Waals surface area contributed by atoms with Gasteiger partial charge in [-0.2, -0.15) is 5.10 Å². The number of nitrogens with zero attached hydrogens (tertiary/aromatic N) is 2. The molecule has 2 rings (SSSR count). The van der Waals surface area contributed by atoms with Gasteiger partial charge in [-0.25, -0.2) is 13.1 Å². The fourth-order valence-electron chi connectivity index (χ4n) is 2.82. The molecule has 0 aliphatic heterocycles. The van der Waals surface area contributed by atoms with Crippen molar-refractivity contribution in [1.29, 1.82) is 0 Å². The van der Waals surface area contributed by atoms with Crippen LogP contribution in [0.2, 0.25) is 0 Å². The maximum atomic E-state index is 12.2. The largest absolute Gasteiger partial charge is 0.480 e. The van der Waals surface area contributed by atoms with Crippen LogP contribution < -0.4 is 4.72 Å². The summed E-state index contributed by atoms with van der Waals surface area (Å²) < 4.78 is 28.2. The molecular weight excluding hydrogens is 294 g/mol. The zero-order valence-corrected chi connectivity index (χ0v) is 12.9. The van der Waals surface area contributed by atoms with Gasteiger partial charge in [0, 0.05) is 12.7 Å². The van der Waals surface area contributed by atoms with Gasteiger partial charge in [-0.05, 0) is 24.7 Å². The highest BCUT2D eigenvalue weighted by atomic mass is 32.2. The number of hydrogen-bond donors (Lipinski definition) is 2. The summed E-state index contributed by atoms with van der Waals surface area (Å²) in [4.78, 5) is 10.6. The predicted octanol–water partition coefficient (Wildman–Crippen LogP) is 1.22. The second-order valence-electron chi connectivity index (χ2n) is 5.65. The number of nitrogens with one attached hydrogen (secondary N) is 1. The summed E-state index contributed by atoms with van der Waals surface area (Å²) in [6, 6.07) is 0. The lowest BCUT2D eigenvalue weighted by atomic mass is 9.84. The van der Waals surface area contributed by atoms with Crippen LogP contribution in [0.4, 0.5) is 0 Å². The number of carbonyl (C=O) groups is 1.